The Morgan fingerprint density at radius 2 is 1.89 bits per heavy atom. The minimum Gasteiger partial charge on any atom is -0.504 e. The zero-order valence-electron chi connectivity index (χ0n) is 9.70. The number of carbonyl (C=O) groups is 2. The normalized spacial score (nSPS) is 11.0. The molecule has 7 nitrogen and oxygen atoms in total. The van der Waals surface area contributed by atoms with Crippen LogP contribution in [0.4, 0.5) is 0 Å². The fourth-order valence-corrected chi connectivity index (χ4v) is 0.983. The number of hydrogen-bond donors (Lipinski definition) is 5. The van der Waals surface area contributed by atoms with Crippen molar-refractivity contribution in [3.05, 3.63) is 23.8 Å². The molecule has 0 aliphatic heterocycles. The van der Waals surface area contributed by atoms with Crippen LogP contribution in [0.2, 0.25) is 0 Å². The highest BCUT2D eigenvalue weighted by atomic mass is 16.4. The number of carboxylic acids is 1. The molecule has 18 heavy (non-hydrogen) atoms. The summed E-state index contributed by atoms with van der Waals surface area (Å²) in [6.07, 6.45) is -0.891. The van der Waals surface area contributed by atoms with Gasteiger partial charge in [0.25, 0.3) is 5.91 Å². The first-order chi connectivity index (χ1) is 8.25. The number of phenolic OH excluding ortho intramolecular Hbond substituents is 1. The Labute approximate surface area is 103 Å². The number of phenols is 2. The fourth-order valence-electron chi connectivity index (χ4n) is 0.983. The number of rotatable bonds is 3. The van der Waals surface area contributed by atoms with Gasteiger partial charge in [0.1, 0.15) is 0 Å². The van der Waals surface area contributed by atoms with E-state index in [2.05, 4.69) is 0 Å². The average molecular weight is 257 g/mol. The van der Waals surface area contributed by atoms with Gasteiger partial charge in [-0.15, -0.1) is 0 Å². The first kappa shape index (κ1) is 15.7. The van der Waals surface area contributed by atoms with Crippen LogP contribution < -0.4 is 5.73 Å². The summed E-state index contributed by atoms with van der Waals surface area (Å²) in [5.41, 5.74) is 4.79. The highest BCUT2D eigenvalue weighted by Gasteiger charge is 2.09. The number of aromatic hydroxyl groups is 2. The van der Waals surface area contributed by atoms with E-state index in [0.717, 1.165) is 0 Å². The van der Waals surface area contributed by atoms with Crippen molar-refractivity contribution in [3.63, 3.8) is 0 Å². The summed E-state index contributed by atoms with van der Waals surface area (Å²) in [5.74, 6) is -2.55. The molecule has 0 saturated heterocycles. The molecule has 6 N–H and O–H groups in total. The molecule has 0 spiro atoms. The summed E-state index contributed by atoms with van der Waals surface area (Å²) in [7, 11) is 0. The number of amides is 1. The van der Waals surface area contributed by atoms with E-state index in [9.17, 15) is 9.59 Å². The molecule has 0 saturated carbocycles. The molecule has 1 atom stereocenters. The summed E-state index contributed by atoms with van der Waals surface area (Å²) >= 11 is 0. The summed E-state index contributed by atoms with van der Waals surface area (Å²) in [6.45, 7) is 1.44. The van der Waals surface area contributed by atoms with Gasteiger partial charge in [-0.3, -0.25) is 9.59 Å². The van der Waals surface area contributed by atoms with Crippen LogP contribution in [-0.4, -0.2) is 38.4 Å². The Balaban J connectivity index is 0.000000360. The summed E-state index contributed by atoms with van der Waals surface area (Å²) in [5, 5.41) is 34.2. The molecular formula is C11H15NO6. The minimum atomic E-state index is -0.963. The van der Waals surface area contributed by atoms with Gasteiger partial charge in [0.15, 0.2) is 11.5 Å². The van der Waals surface area contributed by atoms with E-state index in [4.69, 9.17) is 26.2 Å². The van der Waals surface area contributed by atoms with Gasteiger partial charge in [0, 0.05) is 0 Å². The van der Waals surface area contributed by atoms with Crippen LogP contribution in [0.3, 0.4) is 0 Å². The molecule has 1 rings (SSSR count). The predicted molar refractivity (Wildman–Crippen MR) is 62.2 cm³/mol. The topological polar surface area (TPSA) is 141 Å². The maximum atomic E-state index is 10.5. The van der Waals surface area contributed by atoms with E-state index < -0.39 is 23.7 Å². The largest absolute Gasteiger partial charge is 0.504 e. The van der Waals surface area contributed by atoms with Gasteiger partial charge in [-0.1, -0.05) is 6.07 Å². The second kappa shape index (κ2) is 7.13. The lowest BCUT2D eigenvalue weighted by Gasteiger charge is -2.00. The third kappa shape index (κ3) is 5.71. The molecule has 1 aromatic carbocycles. The van der Waals surface area contributed by atoms with E-state index in [1.54, 1.807) is 0 Å². The Kier molecular flexibility index (Phi) is 6.22. The summed E-state index contributed by atoms with van der Waals surface area (Å²) in [4.78, 5) is 20.2. The minimum absolute atomic E-state index is 0.0787. The zero-order valence-corrected chi connectivity index (χ0v) is 9.70. The maximum absolute atomic E-state index is 10.5. The third-order valence-electron chi connectivity index (χ3n) is 1.75. The molecule has 7 heteroatoms. The van der Waals surface area contributed by atoms with Crippen molar-refractivity contribution in [1.82, 2.24) is 0 Å². The van der Waals surface area contributed by atoms with Gasteiger partial charge in [-0.25, -0.2) is 0 Å². The molecule has 0 radical (unpaired) electrons. The lowest BCUT2D eigenvalue weighted by Crippen LogP contribution is -2.10. The van der Waals surface area contributed by atoms with E-state index >= 15 is 0 Å². The number of aliphatic hydroxyl groups is 1. The van der Waals surface area contributed by atoms with E-state index in [0.29, 0.717) is 0 Å². The molecule has 0 aliphatic carbocycles. The van der Waals surface area contributed by atoms with Crippen molar-refractivity contribution in [2.24, 2.45) is 5.73 Å². The Hall–Kier alpha value is -2.28. The monoisotopic (exact) mass is 257 g/mol. The lowest BCUT2D eigenvalue weighted by molar-refractivity contribution is -0.138. The van der Waals surface area contributed by atoms with E-state index in [-0.39, 0.29) is 17.7 Å². The van der Waals surface area contributed by atoms with E-state index in [1.807, 2.05) is 0 Å². The Morgan fingerprint density at radius 1 is 1.33 bits per heavy atom. The number of para-hydroxylation sites is 1. The second-order valence-electron chi connectivity index (χ2n) is 3.48. The van der Waals surface area contributed by atoms with Crippen LogP contribution in [0.5, 0.6) is 11.5 Å². The molecular weight excluding hydrogens is 242 g/mol. The quantitative estimate of drug-likeness (QED) is 0.484. The van der Waals surface area contributed by atoms with Crippen LogP contribution in [0.25, 0.3) is 0 Å². The molecule has 100 valence electrons. The van der Waals surface area contributed by atoms with Crippen molar-refractivity contribution in [2.75, 3.05) is 0 Å². The number of benzene rings is 1. The smallest absolute Gasteiger partial charge is 0.305 e. The molecule has 1 aromatic rings. The van der Waals surface area contributed by atoms with Crippen LogP contribution in [0, 0.1) is 0 Å². The summed E-state index contributed by atoms with van der Waals surface area (Å²) < 4.78 is 0. The number of carbonyl (C=O) groups excluding carboxylic acids is 1. The number of carboxylic acid groups (broad SMARTS) is 1. The van der Waals surface area contributed by atoms with Crippen molar-refractivity contribution >= 4 is 11.9 Å². The van der Waals surface area contributed by atoms with Gasteiger partial charge in [-0.05, 0) is 19.1 Å². The van der Waals surface area contributed by atoms with Gasteiger partial charge in [0.2, 0.25) is 0 Å². The summed E-state index contributed by atoms with van der Waals surface area (Å²) in [6, 6.07) is 4.02. The van der Waals surface area contributed by atoms with Crippen molar-refractivity contribution in [2.45, 2.75) is 19.4 Å². The number of aliphatic carboxylic acids is 1. The molecule has 0 fully saturated rings. The molecule has 1 unspecified atom stereocenters. The number of aliphatic hydroxyl groups excluding tert-OH is 1. The lowest BCUT2D eigenvalue weighted by atomic mass is 10.2. The highest BCUT2D eigenvalue weighted by Crippen LogP contribution is 2.27. The highest BCUT2D eigenvalue weighted by molar-refractivity contribution is 5.96. The SMILES string of the molecule is CC(O)CC(=O)O.NC(=O)c1cccc(O)c1O. The van der Waals surface area contributed by atoms with Crippen LogP contribution in [0.1, 0.15) is 23.7 Å². The standard InChI is InChI=1S/C7H7NO3.C4H8O3/c8-7(11)4-2-1-3-5(9)6(4)10;1-3(5)2-4(6)7/h1-3,9-10H,(H2,8,11);3,5H,2H2,1H3,(H,6,7). The molecule has 0 bridgehead atoms. The first-order valence-electron chi connectivity index (χ1n) is 4.96. The average Bonchev–Trinajstić information content (AvgIpc) is 2.20. The van der Waals surface area contributed by atoms with Gasteiger partial charge in [0.05, 0.1) is 18.1 Å². The molecule has 0 heterocycles. The van der Waals surface area contributed by atoms with Crippen molar-refractivity contribution in [1.29, 1.82) is 0 Å². The number of primary amides is 1. The maximum Gasteiger partial charge on any atom is 0.305 e. The Morgan fingerprint density at radius 3 is 2.17 bits per heavy atom. The predicted octanol–water partition coefficient (Wildman–Crippen LogP) is 0.0386. The van der Waals surface area contributed by atoms with Gasteiger partial charge in [-0.2, -0.15) is 0 Å². The second-order valence-corrected chi connectivity index (χ2v) is 3.48. The Bertz CT molecular complexity index is 430. The van der Waals surface area contributed by atoms with Crippen LogP contribution in [-0.2, 0) is 4.79 Å². The van der Waals surface area contributed by atoms with Gasteiger partial charge < -0.3 is 26.2 Å². The number of hydrogen-bond acceptors (Lipinski definition) is 5. The van der Waals surface area contributed by atoms with Crippen LogP contribution >= 0.6 is 0 Å². The van der Waals surface area contributed by atoms with Crippen LogP contribution in [0.15, 0.2) is 18.2 Å². The fraction of sp³-hybridized carbons (Fsp3) is 0.273. The number of nitrogens with two attached hydrogens (primary N) is 1. The zero-order chi connectivity index (χ0) is 14.3. The third-order valence-corrected chi connectivity index (χ3v) is 1.75. The first-order valence-corrected chi connectivity index (χ1v) is 4.96. The molecule has 0 aromatic heterocycles. The van der Waals surface area contributed by atoms with Crippen molar-refractivity contribution < 1.29 is 30.0 Å². The van der Waals surface area contributed by atoms with Gasteiger partial charge >= 0.3 is 5.97 Å². The van der Waals surface area contributed by atoms with E-state index in [1.165, 1.54) is 25.1 Å². The molecule has 0 aliphatic rings. The molecule has 1 amide bonds. The van der Waals surface area contributed by atoms with Crippen molar-refractivity contribution in [3.8, 4) is 11.5 Å².